The SMILES string of the molecule is Cc1ccn(-c2ccccc2NC(=O)C2CC3CCCC(C2)C3N)n1. The van der Waals surface area contributed by atoms with Gasteiger partial charge in [0.05, 0.1) is 17.1 Å². The molecule has 5 heteroatoms. The molecule has 1 heterocycles. The number of carbonyl (C=O) groups excluding carboxylic acids is 1. The maximum atomic E-state index is 12.9. The highest BCUT2D eigenvalue weighted by atomic mass is 16.1. The van der Waals surface area contributed by atoms with E-state index in [9.17, 15) is 4.79 Å². The Morgan fingerprint density at radius 2 is 1.92 bits per heavy atom. The summed E-state index contributed by atoms with van der Waals surface area (Å²) in [7, 11) is 0. The third kappa shape index (κ3) is 3.21. The van der Waals surface area contributed by atoms with Crippen molar-refractivity contribution in [2.24, 2.45) is 23.5 Å². The number of rotatable bonds is 3. The van der Waals surface area contributed by atoms with E-state index < -0.39 is 0 Å². The fourth-order valence-electron chi connectivity index (χ4n) is 4.57. The van der Waals surface area contributed by atoms with Crippen LogP contribution in [0, 0.1) is 24.7 Å². The molecule has 0 aliphatic heterocycles. The number of carbonyl (C=O) groups is 1. The molecule has 0 radical (unpaired) electrons. The van der Waals surface area contributed by atoms with Gasteiger partial charge in [-0.3, -0.25) is 4.79 Å². The molecule has 2 fully saturated rings. The molecule has 1 amide bonds. The number of para-hydroxylation sites is 2. The summed E-state index contributed by atoms with van der Waals surface area (Å²) in [5.74, 6) is 1.21. The molecule has 2 aliphatic rings. The van der Waals surface area contributed by atoms with Gasteiger partial charge in [0.15, 0.2) is 0 Å². The predicted octanol–water partition coefficient (Wildman–Crippen LogP) is 3.27. The van der Waals surface area contributed by atoms with Gasteiger partial charge in [0.2, 0.25) is 5.91 Å². The van der Waals surface area contributed by atoms with Crippen LogP contribution in [-0.4, -0.2) is 21.7 Å². The molecule has 5 nitrogen and oxygen atoms in total. The van der Waals surface area contributed by atoms with Gasteiger partial charge >= 0.3 is 0 Å². The van der Waals surface area contributed by atoms with Crippen LogP contribution < -0.4 is 11.1 Å². The van der Waals surface area contributed by atoms with Gasteiger partial charge in [-0.25, -0.2) is 4.68 Å². The van der Waals surface area contributed by atoms with Gasteiger partial charge in [0, 0.05) is 18.2 Å². The van der Waals surface area contributed by atoms with Crippen molar-refractivity contribution in [2.45, 2.75) is 45.1 Å². The third-order valence-corrected chi connectivity index (χ3v) is 5.91. The Morgan fingerprint density at radius 1 is 1.20 bits per heavy atom. The first kappa shape index (κ1) is 16.3. The number of hydrogen-bond acceptors (Lipinski definition) is 3. The molecule has 0 saturated heterocycles. The van der Waals surface area contributed by atoms with E-state index in [1.165, 1.54) is 19.3 Å². The molecular formula is C20H26N4O. The Hall–Kier alpha value is -2.14. The van der Waals surface area contributed by atoms with Gasteiger partial charge in [-0.15, -0.1) is 0 Å². The predicted molar refractivity (Wildman–Crippen MR) is 98.5 cm³/mol. The van der Waals surface area contributed by atoms with Gasteiger partial charge in [-0.05, 0) is 62.6 Å². The topological polar surface area (TPSA) is 72.9 Å². The van der Waals surface area contributed by atoms with E-state index in [0.717, 1.165) is 29.9 Å². The van der Waals surface area contributed by atoms with Crippen LogP contribution in [0.1, 0.15) is 37.8 Å². The first-order valence-corrected chi connectivity index (χ1v) is 9.30. The zero-order chi connectivity index (χ0) is 17.4. The van der Waals surface area contributed by atoms with E-state index in [0.29, 0.717) is 11.8 Å². The smallest absolute Gasteiger partial charge is 0.227 e. The second-order valence-corrected chi connectivity index (χ2v) is 7.60. The highest BCUT2D eigenvalue weighted by Crippen LogP contribution is 2.42. The average Bonchev–Trinajstić information content (AvgIpc) is 3.01. The van der Waals surface area contributed by atoms with Crippen molar-refractivity contribution in [2.75, 3.05) is 5.32 Å². The number of aromatic nitrogens is 2. The minimum atomic E-state index is 0.0718. The van der Waals surface area contributed by atoms with Crippen molar-refractivity contribution in [1.82, 2.24) is 9.78 Å². The number of benzene rings is 1. The first-order valence-electron chi connectivity index (χ1n) is 9.30. The van der Waals surface area contributed by atoms with Crippen molar-refractivity contribution in [1.29, 1.82) is 0 Å². The Bertz CT molecular complexity index is 755. The molecule has 4 rings (SSSR count). The molecule has 1 aromatic carbocycles. The van der Waals surface area contributed by atoms with Gasteiger partial charge in [-0.1, -0.05) is 18.6 Å². The summed E-state index contributed by atoms with van der Waals surface area (Å²) in [6, 6.07) is 10.1. The molecule has 2 bridgehead atoms. The lowest BCUT2D eigenvalue weighted by atomic mass is 9.65. The van der Waals surface area contributed by atoms with Crippen molar-refractivity contribution in [3.8, 4) is 5.69 Å². The Kier molecular flexibility index (Phi) is 4.34. The second-order valence-electron chi connectivity index (χ2n) is 7.60. The number of amides is 1. The van der Waals surface area contributed by atoms with E-state index in [1.807, 2.05) is 48.1 Å². The summed E-state index contributed by atoms with van der Waals surface area (Å²) in [5.41, 5.74) is 9.03. The molecule has 3 N–H and O–H groups in total. The van der Waals surface area contributed by atoms with E-state index in [-0.39, 0.29) is 17.9 Å². The molecule has 2 aromatic rings. The summed E-state index contributed by atoms with van der Waals surface area (Å²) in [5, 5.41) is 7.62. The van der Waals surface area contributed by atoms with Crippen molar-refractivity contribution in [3.05, 3.63) is 42.2 Å². The number of fused-ring (bicyclic) bond motifs is 2. The third-order valence-electron chi connectivity index (χ3n) is 5.91. The Labute approximate surface area is 148 Å². The van der Waals surface area contributed by atoms with Gasteiger partial charge < -0.3 is 11.1 Å². The van der Waals surface area contributed by atoms with Gasteiger partial charge in [0.1, 0.15) is 0 Å². The van der Waals surface area contributed by atoms with E-state index in [2.05, 4.69) is 10.4 Å². The van der Waals surface area contributed by atoms with Crippen LogP contribution in [0.4, 0.5) is 5.69 Å². The minimum absolute atomic E-state index is 0.0718. The summed E-state index contributed by atoms with van der Waals surface area (Å²) in [4.78, 5) is 12.9. The van der Waals surface area contributed by atoms with Crippen molar-refractivity contribution < 1.29 is 4.79 Å². The zero-order valence-corrected chi connectivity index (χ0v) is 14.7. The van der Waals surface area contributed by atoms with Crippen LogP contribution >= 0.6 is 0 Å². The molecule has 0 spiro atoms. The second kappa shape index (κ2) is 6.64. The van der Waals surface area contributed by atoms with Crippen LogP contribution in [0.2, 0.25) is 0 Å². The van der Waals surface area contributed by atoms with E-state index in [1.54, 1.807) is 0 Å². The number of nitrogens with two attached hydrogens (primary N) is 1. The number of hydrogen-bond donors (Lipinski definition) is 2. The quantitative estimate of drug-likeness (QED) is 0.902. The fraction of sp³-hybridized carbons (Fsp3) is 0.500. The van der Waals surface area contributed by atoms with Crippen molar-refractivity contribution >= 4 is 11.6 Å². The molecule has 132 valence electrons. The minimum Gasteiger partial charge on any atom is -0.327 e. The highest BCUT2D eigenvalue weighted by Gasteiger charge is 2.40. The largest absolute Gasteiger partial charge is 0.327 e. The summed E-state index contributed by atoms with van der Waals surface area (Å²) >= 11 is 0. The van der Waals surface area contributed by atoms with Crippen LogP contribution in [-0.2, 0) is 4.79 Å². The molecule has 2 unspecified atom stereocenters. The molecule has 2 aliphatic carbocycles. The molecular weight excluding hydrogens is 312 g/mol. The van der Waals surface area contributed by atoms with Crippen molar-refractivity contribution in [3.63, 3.8) is 0 Å². The lowest BCUT2D eigenvalue weighted by molar-refractivity contribution is -0.122. The lowest BCUT2D eigenvalue weighted by Crippen LogP contribution is -2.48. The fourth-order valence-corrected chi connectivity index (χ4v) is 4.57. The Morgan fingerprint density at radius 3 is 2.60 bits per heavy atom. The molecule has 2 saturated carbocycles. The zero-order valence-electron chi connectivity index (χ0n) is 14.7. The average molecular weight is 338 g/mol. The summed E-state index contributed by atoms with van der Waals surface area (Å²) in [6.07, 6.45) is 7.37. The summed E-state index contributed by atoms with van der Waals surface area (Å²) in [6.45, 7) is 1.96. The number of anilines is 1. The van der Waals surface area contributed by atoms with E-state index >= 15 is 0 Å². The monoisotopic (exact) mass is 338 g/mol. The Balaban J connectivity index is 1.52. The van der Waals surface area contributed by atoms with Gasteiger partial charge in [0.25, 0.3) is 0 Å². The lowest BCUT2D eigenvalue weighted by Gasteiger charge is -2.43. The molecule has 2 atom stereocenters. The molecule has 25 heavy (non-hydrogen) atoms. The van der Waals surface area contributed by atoms with Crippen LogP contribution in [0.3, 0.4) is 0 Å². The normalized spacial score (nSPS) is 28.6. The van der Waals surface area contributed by atoms with Crippen LogP contribution in [0.15, 0.2) is 36.5 Å². The standard InChI is InChI=1S/C20H26N4O/c1-13-9-10-24(23-13)18-8-3-2-7-17(18)22-20(25)16-11-14-5-4-6-15(12-16)19(14)21/h2-3,7-10,14-16,19H,4-6,11-12,21H2,1H3,(H,22,25). The number of nitrogens with zero attached hydrogens (tertiary/aromatic N) is 2. The van der Waals surface area contributed by atoms with E-state index in [4.69, 9.17) is 5.73 Å². The van der Waals surface area contributed by atoms with Gasteiger partial charge in [-0.2, -0.15) is 5.10 Å². The number of aryl methyl sites for hydroxylation is 1. The maximum Gasteiger partial charge on any atom is 0.227 e. The maximum absolute atomic E-state index is 12.9. The summed E-state index contributed by atoms with van der Waals surface area (Å²) < 4.78 is 1.82. The van der Waals surface area contributed by atoms with Crippen LogP contribution in [0.25, 0.3) is 5.69 Å². The number of nitrogens with one attached hydrogen (secondary N) is 1. The van der Waals surface area contributed by atoms with Crippen LogP contribution in [0.5, 0.6) is 0 Å². The highest BCUT2D eigenvalue weighted by molar-refractivity contribution is 5.94. The molecule has 1 aromatic heterocycles. The first-order chi connectivity index (χ1) is 12.1.